The third-order valence-electron chi connectivity index (χ3n) is 3.98. The van der Waals surface area contributed by atoms with E-state index in [1.165, 1.54) is 51.6 Å². The predicted molar refractivity (Wildman–Crippen MR) is 53.6 cm³/mol. The van der Waals surface area contributed by atoms with Crippen LogP contribution in [0.3, 0.4) is 0 Å². The van der Waals surface area contributed by atoms with Crippen LogP contribution in [0.15, 0.2) is 0 Å². The van der Waals surface area contributed by atoms with Crippen molar-refractivity contribution in [1.82, 2.24) is 5.32 Å². The molecule has 2 nitrogen and oxygen atoms in total. The van der Waals surface area contributed by atoms with Crippen LogP contribution >= 0.6 is 0 Å². The Kier molecular flexibility index (Phi) is 2.89. The Morgan fingerprint density at radius 3 is 2.54 bits per heavy atom. The van der Waals surface area contributed by atoms with Crippen LogP contribution in [-0.2, 0) is 0 Å². The molecule has 0 aromatic carbocycles. The van der Waals surface area contributed by atoms with E-state index in [1.807, 2.05) is 0 Å². The standard InChI is InChI=1S/C11H21NO/c13-8-10-2-5-11(6-3-10)4-1-7-12-9-11/h10,12-13H,1-9H2. The Hall–Kier alpha value is -0.0800. The third-order valence-corrected chi connectivity index (χ3v) is 3.98. The fourth-order valence-electron chi connectivity index (χ4n) is 2.93. The molecule has 2 fully saturated rings. The van der Waals surface area contributed by atoms with Gasteiger partial charge in [-0.25, -0.2) is 0 Å². The van der Waals surface area contributed by atoms with Crippen LogP contribution in [0.1, 0.15) is 38.5 Å². The number of rotatable bonds is 1. The van der Waals surface area contributed by atoms with Gasteiger partial charge in [-0.2, -0.15) is 0 Å². The molecule has 0 atom stereocenters. The molecule has 2 rings (SSSR count). The summed E-state index contributed by atoms with van der Waals surface area (Å²) >= 11 is 0. The molecule has 0 amide bonds. The van der Waals surface area contributed by atoms with Crippen molar-refractivity contribution >= 4 is 0 Å². The second kappa shape index (κ2) is 3.97. The molecule has 2 aliphatic rings. The molecule has 0 aromatic rings. The largest absolute Gasteiger partial charge is 0.396 e. The lowest BCUT2D eigenvalue weighted by molar-refractivity contribution is 0.0845. The molecule has 1 spiro atoms. The average Bonchev–Trinajstić information content (AvgIpc) is 2.20. The van der Waals surface area contributed by atoms with E-state index >= 15 is 0 Å². The van der Waals surface area contributed by atoms with Gasteiger partial charge in [-0.05, 0) is 56.4 Å². The van der Waals surface area contributed by atoms with E-state index in [0.29, 0.717) is 17.9 Å². The second-order valence-electron chi connectivity index (χ2n) is 4.91. The van der Waals surface area contributed by atoms with Crippen molar-refractivity contribution in [1.29, 1.82) is 0 Å². The van der Waals surface area contributed by atoms with Gasteiger partial charge in [0.25, 0.3) is 0 Å². The van der Waals surface area contributed by atoms with Crippen molar-refractivity contribution in [3.8, 4) is 0 Å². The number of nitrogens with one attached hydrogen (secondary N) is 1. The minimum atomic E-state index is 0.406. The molecule has 76 valence electrons. The van der Waals surface area contributed by atoms with Gasteiger partial charge in [0.15, 0.2) is 0 Å². The zero-order chi connectivity index (χ0) is 9.15. The number of aliphatic hydroxyl groups excluding tert-OH is 1. The normalized spacial score (nSPS) is 40.8. The van der Waals surface area contributed by atoms with Crippen LogP contribution in [-0.4, -0.2) is 24.8 Å². The third kappa shape index (κ3) is 2.05. The van der Waals surface area contributed by atoms with Crippen LogP contribution in [0, 0.1) is 11.3 Å². The Morgan fingerprint density at radius 2 is 2.00 bits per heavy atom. The van der Waals surface area contributed by atoms with E-state index < -0.39 is 0 Å². The topological polar surface area (TPSA) is 32.3 Å². The highest BCUT2D eigenvalue weighted by Crippen LogP contribution is 2.42. The minimum Gasteiger partial charge on any atom is -0.396 e. The fraction of sp³-hybridized carbons (Fsp3) is 1.00. The van der Waals surface area contributed by atoms with Crippen LogP contribution in [0.4, 0.5) is 0 Å². The van der Waals surface area contributed by atoms with Crippen LogP contribution in [0.25, 0.3) is 0 Å². The lowest BCUT2D eigenvalue weighted by atomic mass is 9.67. The molecule has 13 heavy (non-hydrogen) atoms. The molecule has 2 heteroatoms. The Morgan fingerprint density at radius 1 is 1.23 bits per heavy atom. The van der Waals surface area contributed by atoms with E-state index in [9.17, 15) is 0 Å². The number of piperidine rings is 1. The number of hydrogen-bond acceptors (Lipinski definition) is 2. The van der Waals surface area contributed by atoms with E-state index in [4.69, 9.17) is 5.11 Å². The zero-order valence-corrected chi connectivity index (χ0v) is 8.39. The minimum absolute atomic E-state index is 0.406. The van der Waals surface area contributed by atoms with Gasteiger partial charge >= 0.3 is 0 Å². The summed E-state index contributed by atoms with van der Waals surface area (Å²) in [4.78, 5) is 0. The maximum atomic E-state index is 9.06. The highest BCUT2D eigenvalue weighted by atomic mass is 16.3. The molecule has 1 saturated heterocycles. The molecule has 0 unspecified atom stereocenters. The highest BCUT2D eigenvalue weighted by molar-refractivity contribution is 4.89. The first-order valence-electron chi connectivity index (χ1n) is 5.66. The Balaban J connectivity index is 1.87. The summed E-state index contributed by atoms with van der Waals surface area (Å²) in [5.74, 6) is 0.604. The first-order valence-corrected chi connectivity index (χ1v) is 5.66. The van der Waals surface area contributed by atoms with Crippen molar-refractivity contribution in [2.45, 2.75) is 38.5 Å². The molecule has 1 heterocycles. The second-order valence-corrected chi connectivity index (χ2v) is 4.91. The van der Waals surface area contributed by atoms with Gasteiger partial charge in [0.2, 0.25) is 0 Å². The lowest BCUT2D eigenvalue weighted by Crippen LogP contribution is -2.42. The van der Waals surface area contributed by atoms with Crippen LogP contribution in [0.2, 0.25) is 0 Å². The summed E-state index contributed by atoms with van der Waals surface area (Å²) in [5.41, 5.74) is 0.615. The van der Waals surface area contributed by atoms with Gasteiger partial charge in [0.1, 0.15) is 0 Å². The van der Waals surface area contributed by atoms with E-state index in [0.717, 1.165) is 0 Å². The molecule has 1 aliphatic carbocycles. The van der Waals surface area contributed by atoms with Crippen molar-refractivity contribution in [2.75, 3.05) is 19.7 Å². The average molecular weight is 183 g/mol. The molecule has 0 radical (unpaired) electrons. The smallest absolute Gasteiger partial charge is 0.0459 e. The van der Waals surface area contributed by atoms with Gasteiger partial charge in [-0.1, -0.05) is 0 Å². The fourth-order valence-corrected chi connectivity index (χ4v) is 2.93. The molecule has 2 N–H and O–H groups in total. The Labute approximate surface area is 80.7 Å². The number of aliphatic hydroxyl groups is 1. The van der Waals surface area contributed by atoms with Gasteiger partial charge in [0.05, 0.1) is 0 Å². The summed E-state index contributed by atoms with van der Waals surface area (Å²) in [6, 6.07) is 0. The van der Waals surface area contributed by atoms with Gasteiger partial charge in [-0.15, -0.1) is 0 Å². The van der Waals surface area contributed by atoms with Gasteiger partial charge in [0, 0.05) is 13.2 Å². The summed E-state index contributed by atoms with van der Waals surface area (Å²) in [5, 5.41) is 12.6. The molecular formula is C11H21NO. The van der Waals surface area contributed by atoms with Crippen LogP contribution < -0.4 is 5.32 Å². The molecule has 1 aliphatic heterocycles. The highest BCUT2D eigenvalue weighted by Gasteiger charge is 2.35. The predicted octanol–water partition coefficient (Wildman–Crippen LogP) is 1.54. The number of hydrogen-bond donors (Lipinski definition) is 2. The summed E-state index contributed by atoms with van der Waals surface area (Å²) < 4.78 is 0. The van der Waals surface area contributed by atoms with Crippen molar-refractivity contribution in [2.24, 2.45) is 11.3 Å². The molecule has 0 aromatic heterocycles. The quantitative estimate of drug-likeness (QED) is 0.646. The summed E-state index contributed by atoms with van der Waals surface area (Å²) in [6.45, 7) is 2.85. The molecule has 1 saturated carbocycles. The molecular weight excluding hydrogens is 162 g/mol. The Bertz CT molecular complexity index is 153. The van der Waals surface area contributed by atoms with E-state index in [1.54, 1.807) is 0 Å². The van der Waals surface area contributed by atoms with Crippen LogP contribution in [0.5, 0.6) is 0 Å². The van der Waals surface area contributed by atoms with Gasteiger partial charge < -0.3 is 10.4 Å². The summed E-state index contributed by atoms with van der Waals surface area (Å²) in [6.07, 6.45) is 7.94. The van der Waals surface area contributed by atoms with Crippen molar-refractivity contribution < 1.29 is 5.11 Å². The van der Waals surface area contributed by atoms with Gasteiger partial charge in [-0.3, -0.25) is 0 Å². The monoisotopic (exact) mass is 183 g/mol. The lowest BCUT2D eigenvalue weighted by Gasteiger charge is -2.42. The first-order chi connectivity index (χ1) is 6.35. The van der Waals surface area contributed by atoms with E-state index in [2.05, 4.69) is 5.32 Å². The first kappa shape index (κ1) is 9.47. The summed E-state index contributed by atoms with van der Waals surface area (Å²) in [7, 11) is 0. The van der Waals surface area contributed by atoms with Crippen molar-refractivity contribution in [3.05, 3.63) is 0 Å². The SMILES string of the molecule is OCC1CCC2(CCCNC2)CC1. The maximum absolute atomic E-state index is 9.06. The zero-order valence-electron chi connectivity index (χ0n) is 8.39. The maximum Gasteiger partial charge on any atom is 0.0459 e. The molecule has 0 bridgehead atoms. The van der Waals surface area contributed by atoms with Crippen molar-refractivity contribution in [3.63, 3.8) is 0 Å². The van der Waals surface area contributed by atoms with E-state index in [-0.39, 0.29) is 0 Å².